The Bertz CT molecular complexity index is 687. The van der Waals surface area contributed by atoms with Crippen molar-refractivity contribution in [1.82, 2.24) is 10.2 Å². The van der Waals surface area contributed by atoms with Gasteiger partial charge in [0.2, 0.25) is 11.8 Å². The number of nitrogens with one attached hydrogen (secondary N) is 1. The van der Waals surface area contributed by atoms with E-state index in [4.69, 9.17) is 4.74 Å². The quantitative estimate of drug-likeness (QED) is 0.888. The van der Waals surface area contributed by atoms with Gasteiger partial charge in [-0.15, -0.1) is 0 Å². The van der Waals surface area contributed by atoms with Gasteiger partial charge in [-0.25, -0.2) is 0 Å². The van der Waals surface area contributed by atoms with Gasteiger partial charge in [-0.3, -0.25) is 9.59 Å². The van der Waals surface area contributed by atoms with Crippen molar-refractivity contribution in [2.45, 2.75) is 44.2 Å². The average Bonchev–Trinajstić information content (AvgIpc) is 3.23. The number of benzene rings is 1. The molecule has 0 unspecified atom stereocenters. The van der Waals surface area contributed by atoms with Gasteiger partial charge in [-0.1, -0.05) is 12.1 Å². The molecule has 0 spiro atoms. The van der Waals surface area contributed by atoms with E-state index in [1.54, 1.807) is 12.0 Å². The lowest BCUT2D eigenvalue weighted by Crippen LogP contribution is -2.48. The number of ether oxygens (including phenoxy) is 1. The van der Waals surface area contributed by atoms with E-state index >= 15 is 0 Å². The van der Waals surface area contributed by atoms with Crippen molar-refractivity contribution >= 4 is 11.8 Å². The summed E-state index contributed by atoms with van der Waals surface area (Å²) in [5.41, 5.74) is 0.267. The summed E-state index contributed by atoms with van der Waals surface area (Å²) < 4.78 is 5.13. The number of carbonyl (C=O) groups is 2. The molecule has 0 bridgehead atoms. The van der Waals surface area contributed by atoms with E-state index in [-0.39, 0.29) is 24.2 Å². The van der Waals surface area contributed by atoms with Gasteiger partial charge >= 0.3 is 0 Å². The summed E-state index contributed by atoms with van der Waals surface area (Å²) in [4.78, 5) is 26.5. The van der Waals surface area contributed by atoms with Crippen LogP contribution in [0.2, 0.25) is 0 Å². The summed E-state index contributed by atoms with van der Waals surface area (Å²) in [6.07, 6.45) is 3.53. The zero-order chi connectivity index (χ0) is 17.9. The molecule has 0 aromatic heterocycles. The second kappa shape index (κ2) is 7.14. The molecule has 1 aromatic carbocycles. The van der Waals surface area contributed by atoms with Crippen molar-refractivity contribution in [3.8, 4) is 11.8 Å². The van der Waals surface area contributed by atoms with Crippen LogP contribution >= 0.6 is 0 Å². The number of nitrogens with zero attached hydrogens (tertiary/aromatic N) is 2. The van der Waals surface area contributed by atoms with Crippen LogP contribution in [0.3, 0.4) is 0 Å². The summed E-state index contributed by atoms with van der Waals surface area (Å²) in [5.74, 6) is 0.200. The van der Waals surface area contributed by atoms with Crippen LogP contribution in [0.25, 0.3) is 0 Å². The van der Waals surface area contributed by atoms with Crippen LogP contribution in [0, 0.1) is 17.2 Å². The molecule has 0 radical (unpaired) electrons. The fourth-order valence-electron chi connectivity index (χ4n) is 3.63. The van der Waals surface area contributed by atoms with Gasteiger partial charge in [0.1, 0.15) is 11.3 Å². The SMILES string of the molecule is COc1ccc(CN2C[C@@H](C(=O)NC3(C#N)CCCC3)CC2=O)cc1. The maximum Gasteiger partial charge on any atom is 0.226 e. The van der Waals surface area contributed by atoms with Crippen LogP contribution < -0.4 is 10.1 Å². The fourth-order valence-corrected chi connectivity index (χ4v) is 3.63. The van der Waals surface area contributed by atoms with Crippen molar-refractivity contribution in [3.63, 3.8) is 0 Å². The average molecular weight is 341 g/mol. The normalized spacial score (nSPS) is 21.8. The van der Waals surface area contributed by atoms with Crippen LogP contribution in [0.1, 0.15) is 37.7 Å². The molecular formula is C19H23N3O3. The lowest BCUT2D eigenvalue weighted by Gasteiger charge is -2.24. The predicted octanol–water partition coefficient (Wildman–Crippen LogP) is 2.00. The molecule has 1 atom stereocenters. The number of hydrogen-bond acceptors (Lipinski definition) is 4. The number of hydrogen-bond donors (Lipinski definition) is 1. The third kappa shape index (κ3) is 3.76. The van der Waals surface area contributed by atoms with Crippen molar-refractivity contribution in [2.24, 2.45) is 5.92 Å². The Morgan fingerprint density at radius 1 is 1.36 bits per heavy atom. The van der Waals surface area contributed by atoms with Crippen LogP contribution in [0.5, 0.6) is 5.75 Å². The maximum absolute atomic E-state index is 12.5. The van der Waals surface area contributed by atoms with E-state index in [9.17, 15) is 14.9 Å². The summed E-state index contributed by atoms with van der Waals surface area (Å²) in [6, 6.07) is 9.82. The molecule has 132 valence electrons. The Morgan fingerprint density at radius 3 is 2.64 bits per heavy atom. The van der Waals surface area contributed by atoms with Crippen molar-refractivity contribution in [3.05, 3.63) is 29.8 Å². The first-order valence-electron chi connectivity index (χ1n) is 8.69. The van der Waals surface area contributed by atoms with Crippen LogP contribution in [0.4, 0.5) is 0 Å². The number of methoxy groups -OCH3 is 1. The Labute approximate surface area is 147 Å². The van der Waals surface area contributed by atoms with Crippen LogP contribution in [-0.2, 0) is 16.1 Å². The van der Waals surface area contributed by atoms with E-state index in [1.165, 1.54) is 0 Å². The zero-order valence-corrected chi connectivity index (χ0v) is 14.5. The van der Waals surface area contributed by atoms with Crippen molar-refractivity contribution in [1.29, 1.82) is 5.26 Å². The predicted molar refractivity (Wildman–Crippen MR) is 91.5 cm³/mol. The van der Waals surface area contributed by atoms with Crippen LogP contribution in [0.15, 0.2) is 24.3 Å². The largest absolute Gasteiger partial charge is 0.497 e. The molecule has 2 aliphatic rings. The highest BCUT2D eigenvalue weighted by molar-refractivity contribution is 5.89. The van der Waals surface area contributed by atoms with Gasteiger partial charge in [0, 0.05) is 19.5 Å². The Balaban J connectivity index is 1.59. The molecule has 1 saturated heterocycles. The second-order valence-electron chi connectivity index (χ2n) is 6.91. The molecule has 1 N–H and O–H groups in total. The zero-order valence-electron chi connectivity index (χ0n) is 14.5. The molecule has 6 heteroatoms. The first kappa shape index (κ1) is 17.3. The highest BCUT2D eigenvalue weighted by Gasteiger charge is 2.40. The molecule has 1 aliphatic carbocycles. The summed E-state index contributed by atoms with van der Waals surface area (Å²) >= 11 is 0. The van der Waals surface area contributed by atoms with Crippen molar-refractivity contribution < 1.29 is 14.3 Å². The third-order valence-electron chi connectivity index (χ3n) is 5.15. The monoisotopic (exact) mass is 341 g/mol. The maximum atomic E-state index is 12.5. The minimum absolute atomic E-state index is 0.0200. The van der Waals surface area contributed by atoms with Gasteiger partial charge < -0.3 is 15.0 Å². The van der Waals surface area contributed by atoms with E-state index in [2.05, 4.69) is 11.4 Å². The molecule has 1 aliphatic heterocycles. The van der Waals surface area contributed by atoms with Gasteiger partial charge in [0.05, 0.1) is 19.1 Å². The van der Waals surface area contributed by atoms with E-state index in [0.717, 1.165) is 24.2 Å². The van der Waals surface area contributed by atoms with E-state index < -0.39 is 5.54 Å². The Hall–Kier alpha value is -2.55. The number of amides is 2. The van der Waals surface area contributed by atoms with Gasteiger partial charge in [-0.05, 0) is 43.4 Å². The van der Waals surface area contributed by atoms with Crippen molar-refractivity contribution in [2.75, 3.05) is 13.7 Å². The molecule has 3 rings (SSSR count). The minimum atomic E-state index is -0.733. The molecule has 25 heavy (non-hydrogen) atoms. The van der Waals surface area contributed by atoms with Gasteiger partial charge in [0.15, 0.2) is 0 Å². The summed E-state index contributed by atoms with van der Waals surface area (Å²) in [5, 5.41) is 12.3. The fraction of sp³-hybridized carbons (Fsp3) is 0.526. The first-order valence-corrected chi connectivity index (χ1v) is 8.69. The summed E-state index contributed by atoms with van der Waals surface area (Å²) in [6.45, 7) is 0.883. The second-order valence-corrected chi connectivity index (χ2v) is 6.91. The number of likely N-dealkylation sites (tertiary alicyclic amines) is 1. The number of carbonyl (C=O) groups excluding carboxylic acids is 2. The third-order valence-corrected chi connectivity index (χ3v) is 5.15. The smallest absolute Gasteiger partial charge is 0.226 e. The molecule has 6 nitrogen and oxygen atoms in total. The highest BCUT2D eigenvalue weighted by atomic mass is 16.5. The van der Waals surface area contributed by atoms with E-state index in [0.29, 0.717) is 25.9 Å². The highest BCUT2D eigenvalue weighted by Crippen LogP contribution is 2.30. The molecular weight excluding hydrogens is 318 g/mol. The Kier molecular flexibility index (Phi) is 4.93. The Morgan fingerprint density at radius 2 is 2.04 bits per heavy atom. The number of nitriles is 1. The molecule has 1 heterocycles. The molecule has 2 fully saturated rings. The molecule has 1 aromatic rings. The lowest BCUT2D eigenvalue weighted by atomic mass is 9.97. The van der Waals surface area contributed by atoms with E-state index in [1.807, 2.05) is 24.3 Å². The van der Waals surface area contributed by atoms with Crippen LogP contribution in [-0.4, -0.2) is 35.9 Å². The molecule has 1 saturated carbocycles. The lowest BCUT2D eigenvalue weighted by molar-refractivity contribution is -0.129. The standard InChI is InChI=1S/C19H23N3O3/c1-25-16-6-4-14(5-7-16)11-22-12-15(10-17(22)23)18(24)21-19(13-20)8-2-3-9-19/h4-7,15H,2-3,8-12H2,1H3,(H,21,24)/t15-/m0/s1. The van der Waals surface area contributed by atoms with Gasteiger partial charge in [0.25, 0.3) is 0 Å². The number of rotatable bonds is 5. The minimum Gasteiger partial charge on any atom is -0.497 e. The summed E-state index contributed by atoms with van der Waals surface area (Å²) in [7, 11) is 1.61. The first-order chi connectivity index (χ1) is 12.0. The topological polar surface area (TPSA) is 82.4 Å². The van der Waals surface area contributed by atoms with Gasteiger partial charge in [-0.2, -0.15) is 5.26 Å². The molecule has 2 amide bonds.